The molecule has 5 nitrogen and oxygen atoms in total. The fourth-order valence-electron chi connectivity index (χ4n) is 0.704. The Hall–Kier alpha value is -1.52. The van der Waals surface area contributed by atoms with E-state index in [1.165, 1.54) is 17.9 Å². The van der Waals surface area contributed by atoms with Gasteiger partial charge >= 0.3 is 5.97 Å². The fraction of sp³-hybridized carbons (Fsp3) is 0.333. The van der Waals surface area contributed by atoms with Gasteiger partial charge in [0, 0.05) is 7.05 Å². The summed E-state index contributed by atoms with van der Waals surface area (Å²) < 4.78 is 5.92. The molecule has 1 rings (SSSR count). The summed E-state index contributed by atoms with van der Waals surface area (Å²) >= 11 is 0. The molecule has 0 bridgehead atoms. The summed E-state index contributed by atoms with van der Waals surface area (Å²) in [6, 6.07) is 0. The van der Waals surface area contributed by atoms with Crippen LogP contribution in [-0.2, 0) is 11.8 Å². The van der Waals surface area contributed by atoms with Gasteiger partial charge in [-0.25, -0.2) is 9.78 Å². The molecule has 0 amide bonds. The summed E-state index contributed by atoms with van der Waals surface area (Å²) in [6.45, 7) is 0. The van der Waals surface area contributed by atoms with Crippen molar-refractivity contribution < 1.29 is 9.53 Å². The van der Waals surface area contributed by atoms with Crippen molar-refractivity contribution >= 4 is 11.8 Å². The van der Waals surface area contributed by atoms with Gasteiger partial charge in [-0.3, -0.25) is 0 Å². The Labute approximate surface area is 63.8 Å². The van der Waals surface area contributed by atoms with Crippen LogP contribution in [0.25, 0.3) is 0 Å². The molecule has 1 aromatic rings. The molecule has 0 aromatic carbocycles. The minimum Gasteiger partial charge on any atom is -0.463 e. The van der Waals surface area contributed by atoms with Gasteiger partial charge in [0.1, 0.15) is 5.82 Å². The van der Waals surface area contributed by atoms with Gasteiger partial charge in [0.2, 0.25) is 5.82 Å². The topological polar surface area (TPSA) is 70.1 Å². The molecular weight excluding hydrogens is 146 g/mol. The van der Waals surface area contributed by atoms with Crippen molar-refractivity contribution in [3.63, 3.8) is 0 Å². The predicted molar refractivity (Wildman–Crippen MR) is 39.0 cm³/mol. The van der Waals surface area contributed by atoms with Crippen LogP contribution in [0.1, 0.15) is 10.6 Å². The summed E-state index contributed by atoms with van der Waals surface area (Å²) in [5, 5.41) is 0. The molecule has 0 aliphatic carbocycles. The van der Waals surface area contributed by atoms with E-state index in [1.807, 2.05) is 0 Å². The number of hydrogen-bond donors (Lipinski definition) is 1. The number of rotatable bonds is 1. The first-order chi connectivity index (χ1) is 5.16. The maximum atomic E-state index is 10.9. The first kappa shape index (κ1) is 7.59. The number of carbonyl (C=O) groups excluding carboxylic acids is 1. The predicted octanol–water partition coefficient (Wildman–Crippen LogP) is -0.211. The molecule has 0 saturated heterocycles. The van der Waals surface area contributed by atoms with Crippen LogP contribution in [0.3, 0.4) is 0 Å². The fourth-order valence-corrected chi connectivity index (χ4v) is 0.704. The molecule has 0 saturated carbocycles. The van der Waals surface area contributed by atoms with Crippen molar-refractivity contribution in [2.45, 2.75) is 0 Å². The van der Waals surface area contributed by atoms with E-state index in [1.54, 1.807) is 7.05 Å². The van der Waals surface area contributed by atoms with E-state index in [9.17, 15) is 4.79 Å². The van der Waals surface area contributed by atoms with Crippen LogP contribution in [0.15, 0.2) is 6.20 Å². The molecule has 5 heteroatoms. The zero-order valence-corrected chi connectivity index (χ0v) is 6.37. The lowest BCUT2D eigenvalue weighted by Gasteiger charge is -1.99. The maximum Gasteiger partial charge on any atom is 0.374 e. The highest BCUT2D eigenvalue weighted by atomic mass is 16.5. The minimum absolute atomic E-state index is 0.213. The van der Waals surface area contributed by atoms with Crippen molar-refractivity contribution in [1.82, 2.24) is 9.55 Å². The second-order valence-electron chi connectivity index (χ2n) is 2.06. The Bertz CT molecular complexity index is 279. The summed E-state index contributed by atoms with van der Waals surface area (Å²) in [6.07, 6.45) is 1.41. The average molecular weight is 155 g/mol. The van der Waals surface area contributed by atoms with Crippen LogP contribution in [0, 0.1) is 0 Å². The van der Waals surface area contributed by atoms with Crippen molar-refractivity contribution in [2.75, 3.05) is 12.8 Å². The third-order valence-electron chi connectivity index (χ3n) is 1.39. The van der Waals surface area contributed by atoms with Gasteiger partial charge in [-0.15, -0.1) is 0 Å². The van der Waals surface area contributed by atoms with Crippen molar-refractivity contribution in [3.05, 3.63) is 12.0 Å². The number of nitrogens with zero attached hydrogens (tertiary/aromatic N) is 2. The smallest absolute Gasteiger partial charge is 0.374 e. The molecule has 60 valence electrons. The quantitative estimate of drug-likeness (QED) is 0.569. The molecule has 0 spiro atoms. The average Bonchev–Trinajstić information content (AvgIpc) is 2.32. The lowest BCUT2D eigenvalue weighted by Crippen LogP contribution is -2.10. The van der Waals surface area contributed by atoms with E-state index in [0.717, 1.165) is 0 Å². The normalized spacial score (nSPS) is 9.64. The van der Waals surface area contributed by atoms with Crippen molar-refractivity contribution in [3.8, 4) is 0 Å². The van der Waals surface area contributed by atoms with E-state index < -0.39 is 5.97 Å². The maximum absolute atomic E-state index is 10.9. The van der Waals surface area contributed by atoms with Gasteiger partial charge in [-0.2, -0.15) is 0 Å². The molecule has 0 aliphatic heterocycles. The van der Waals surface area contributed by atoms with E-state index in [4.69, 9.17) is 5.73 Å². The van der Waals surface area contributed by atoms with Crippen LogP contribution in [0.4, 0.5) is 5.82 Å². The number of aromatic nitrogens is 2. The Morgan fingerprint density at radius 1 is 1.82 bits per heavy atom. The van der Waals surface area contributed by atoms with E-state index >= 15 is 0 Å². The zero-order chi connectivity index (χ0) is 8.43. The monoisotopic (exact) mass is 155 g/mol. The summed E-state index contributed by atoms with van der Waals surface area (Å²) in [5.74, 6) is 0.166. The number of anilines is 1. The highest BCUT2D eigenvalue weighted by Gasteiger charge is 2.12. The van der Waals surface area contributed by atoms with Gasteiger partial charge < -0.3 is 15.0 Å². The summed E-state index contributed by atoms with van der Waals surface area (Å²) in [5.41, 5.74) is 5.43. The van der Waals surface area contributed by atoms with Crippen molar-refractivity contribution in [1.29, 1.82) is 0 Å². The second-order valence-corrected chi connectivity index (χ2v) is 2.06. The van der Waals surface area contributed by atoms with E-state index in [0.29, 0.717) is 5.82 Å². The number of nitrogen functional groups attached to an aromatic ring is 1. The number of ether oxygens (including phenoxy) is 1. The Morgan fingerprint density at radius 2 is 2.45 bits per heavy atom. The Balaban J connectivity index is 3.04. The highest BCUT2D eigenvalue weighted by Crippen LogP contribution is 2.04. The number of imidazole rings is 1. The van der Waals surface area contributed by atoms with E-state index in [2.05, 4.69) is 9.72 Å². The number of hydrogen-bond acceptors (Lipinski definition) is 4. The number of carbonyl (C=O) groups is 1. The minimum atomic E-state index is -0.482. The Kier molecular flexibility index (Phi) is 1.80. The Morgan fingerprint density at radius 3 is 2.82 bits per heavy atom. The first-order valence-electron chi connectivity index (χ1n) is 3.02. The molecule has 1 aromatic heterocycles. The van der Waals surface area contributed by atoms with Gasteiger partial charge in [-0.05, 0) is 0 Å². The zero-order valence-electron chi connectivity index (χ0n) is 6.37. The SMILES string of the molecule is COC(=O)c1ncc(N)n1C. The number of methoxy groups -OCH3 is 1. The van der Waals surface area contributed by atoms with Gasteiger partial charge in [0.25, 0.3) is 0 Å². The van der Waals surface area contributed by atoms with Crippen LogP contribution in [0.2, 0.25) is 0 Å². The van der Waals surface area contributed by atoms with E-state index in [-0.39, 0.29) is 5.82 Å². The molecule has 2 N–H and O–H groups in total. The lowest BCUT2D eigenvalue weighted by molar-refractivity contribution is 0.0583. The van der Waals surface area contributed by atoms with Crippen LogP contribution in [0.5, 0.6) is 0 Å². The molecular formula is C6H9N3O2. The third-order valence-corrected chi connectivity index (χ3v) is 1.39. The van der Waals surface area contributed by atoms with Gasteiger partial charge in [-0.1, -0.05) is 0 Å². The van der Waals surface area contributed by atoms with Crippen molar-refractivity contribution in [2.24, 2.45) is 7.05 Å². The molecule has 0 atom stereocenters. The largest absolute Gasteiger partial charge is 0.463 e. The number of nitrogens with two attached hydrogens (primary N) is 1. The second kappa shape index (κ2) is 2.61. The molecule has 0 unspecified atom stereocenters. The van der Waals surface area contributed by atoms with Crippen LogP contribution >= 0.6 is 0 Å². The third kappa shape index (κ3) is 1.17. The molecule has 0 fully saturated rings. The summed E-state index contributed by atoms with van der Waals surface area (Å²) in [7, 11) is 2.95. The van der Waals surface area contributed by atoms with Gasteiger partial charge in [0.15, 0.2) is 0 Å². The molecule has 11 heavy (non-hydrogen) atoms. The molecule has 1 heterocycles. The lowest BCUT2D eigenvalue weighted by atomic mass is 10.6. The van der Waals surface area contributed by atoms with Crippen LogP contribution < -0.4 is 5.73 Å². The molecule has 0 aliphatic rings. The molecule has 0 radical (unpaired) electrons. The first-order valence-corrected chi connectivity index (χ1v) is 3.02. The highest BCUT2D eigenvalue weighted by molar-refractivity contribution is 5.86. The number of esters is 1. The van der Waals surface area contributed by atoms with Crippen LogP contribution in [-0.4, -0.2) is 22.6 Å². The standard InChI is InChI=1S/C6H9N3O2/c1-9-4(7)3-8-5(9)6(10)11-2/h3H,7H2,1-2H3. The summed E-state index contributed by atoms with van der Waals surface area (Å²) in [4.78, 5) is 14.6. The van der Waals surface area contributed by atoms with Gasteiger partial charge in [0.05, 0.1) is 13.3 Å².